The molecule has 0 aliphatic rings. The van der Waals surface area contributed by atoms with E-state index in [0.717, 1.165) is 5.56 Å². The Morgan fingerprint density at radius 2 is 1.56 bits per heavy atom. The van der Waals surface area contributed by atoms with Crippen LogP contribution in [0.5, 0.6) is 0 Å². The van der Waals surface area contributed by atoms with Gasteiger partial charge in [0.15, 0.2) is 5.78 Å². The molecule has 0 aliphatic heterocycles. The number of carbonyl (C=O) groups is 1. The number of rotatable bonds is 9. The van der Waals surface area contributed by atoms with Crippen molar-refractivity contribution >= 4 is 33.1 Å². The predicted molar refractivity (Wildman–Crippen MR) is 130 cm³/mol. The smallest absolute Gasteiger partial charge is 0.264 e. The highest BCUT2D eigenvalue weighted by Crippen LogP contribution is 2.31. The number of halogens is 1. The molecule has 0 saturated heterocycles. The predicted octanol–water partition coefficient (Wildman–Crippen LogP) is 5.03. The molecule has 0 atom stereocenters. The number of hydrogen-bond donors (Lipinski definition) is 0. The van der Waals surface area contributed by atoms with E-state index in [4.69, 9.17) is 11.6 Å². The van der Waals surface area contributed by atoms with Crippen LogP contribution in [-0.2, 0) is 10.0 Å². The van der Waals surface area contributed by atoms with Crippen LogP contribution in [0.25, 0.3) is 0 Å². The molecule has 3 aromatic carbocycles. The van der Waals surface area contributed by atoms with Crippen molar-refractivity contribution in [2.45, 2.75) is 18.2 Å². The summed E-state index contributed by atoms with van der Waals surface area (Å²) in [6.07, 6.45) is 0.597. The van der Waals surface area contributed by atoms with Crippen LogP contribution in [0.15, 0.2) is 77.7 Å². The minimum Gasteiger partial charge on any atom is -0.309 e. The molecule has 0 amide bonds. The molecule has 0 bridgehead atoms. The third kappa shape index (κ3) is 5.57. The van der Waals surface area contributed by atoms with Crippen LogP contribution in [-0.4, -0.2) is 46.3 Å². The summed E-state index contributed by atoms with van der Waals surface area (Å²) in [5.74, 6) is -0.278. The summed E-state index contributed by atoms with van der Waals surface area (Å²) in [5, 5.41) is 0.369. The molecule has 0 N–H and O–H groups in total. The van der Waals surface area contributed by atoms with Crippen molar-refractivity contribution in [3.63, 3.8) is 0 Å². The van der Waals surface area contributed by atoms with Gasteiger partial charge in [0, 0.05) is 22.7 Å². The average Bonchev–Trinajstić information content (AvgIpc) is 2.77. The van der Waals surface area contributed by atoms with Crippen LogP contribution < -0.4 is 4.31 Å². The normalized spacial score (nSPS) is 11.5. The fraction of sp³-hybridized carbons (Fsp3) is 0.240. The summed E-state index contributed by atoms with van der Waals surface area (Å²) in [6.45, 7) is 2.83. The molecule has 0 heterocycles. The topological polar surface area (TPSA) is 57.7 Å². The number of sulfonamides is 1. The molecule has 0 spiro atoms. The van der Waals surface area contributed by atoms with Gasteiger partial charge in [-0.15, -0.1) is 0 Å². The van der Waals surface area contributed by atoms with Crippen LogP contribution in [0.1, 0.15) is 27.9 Å². The lowest BCUT2D eigenvalue weighted by molar-refractivity contribution is 0.103. The molecular formula is C25H27ClN2O3S. The zero-order valence-electron chi connectivity index (χ0n) is 18.5. The summed E-state index contributed by atoms with van der Waals surface area (Å²) in [6, 6.07) is 20.3. The van der Waals surface area contributed by atoms with E-state index in [1.165, 1.54) is 10.4 Å². The van der Waals surface area contributed by atoms with E-state index in [9.17, 15) is 13.2 Å². The van der Waals surface area contributed by atoms with Crippen molar-refractivity contribution in [3.8, 4) is 0 Å². The molecule has 168 valence electrons. The molecule has 0 radical (unpaired) electrons. The SMILES string of the molecule is Cc1ccc(S(=O)(=O)N(CCCN(C)C)c2ccc(Cl)cc2C(=O)c2ccccc2)cc1. The van der Waals surface area contributed by atoms with Crippen LogP contribution in [0.4, 0.5) is 5.69 Å². The van der Waals surface area contributed by atoms with Gasteiger partial charge >= 0.3 is 0 Å². The van der Waals surface area contributed by atoms with Crippen molar-refractivity contribution in [1.82, 2.24) is 4.90 Å². The molecule has 0 aromatic heterocycles. The Morgan fingerprint density at radius 1 is 0.906 bits per heavy atom. The van der Waals surface area contributed by atoms with Crippen molar-refractivity contribution in [3.05, 3.63) is 94.5 Å². The summed E-state index contributed by atoms with van der Waals surface area (Å²) >= 11 is 6.22. The lowest BCUT2D eigenvalue weighted by Crippen LogP contribution is -2.34. The minimum atomic E-state index is -3.90. The Labute approximate surface area is 195 Å². The summed E-state index contributed by atoms with van der Waals surface area (Å²) in [4.78, 5) is 15.5. The van der Waals surface area contributed by atoms with Gasteiger partial charge < -0.3 is 4.90 Å². The van der Waals surface area contributed by atoms with Crippen LogP contribution >= 0.6 is 11.6 Å². The van der Waals surface area contributed by atoms with Crippen LogP contribution in [0.3, 0.4) is 0 Å². The Balaban J connectivity index is 2.12. The Hall–Kier alpha value is -2.67. The maximum absolute atomic E-state index is 13.7. The maximum Gasteiger partial charge on any atom is 0.264 e. The second-order valence-electron chi connectivity index (χ2n) is 7.90. The highest BCUT2D eigenvalue weighted by atomic mass is 35.5. The van der Waals surface area contributed by atoms with Gasteiger partial charge in [-0.3, -0.25) is 9.10 Å². The number of benzene rings is 3. The Kier molecular flexibility index (Phi) is 7.72. The average molecular weight is 471 g/mol. The zero-order valence-corrected chi connectivity index (χ0v) is 20.0. The van der Waals surface area contributed by atoms with E-state index < -0.39 is 10.0 Å². The maximum atomic E-state index is 13.7. The lowest BCUT2D eigenvalue weighted by Gasteiger charge is -2.27. The standard InChI is InChI=1S/C25H27ClN2O3S/c1-19-10-13-22(14-11-19)32(30,31)28(17-7-16-27(2)3)24-15-12-21(26)18-23(24)25(29)20-8-5-4-6-9-20/h4-6,8-15,18H,7,16-17H2,1-3H3. The van der Waals surface area contributed by atoms with Gasteiger partial charge in [0.25, 0.3) is 10.0 Å². The third-order valence-corrected chi connectivity index (χ3v) is 7.15. The summed E-state index contributed by atoms with van der Waals surface area (Å²) in [7, 11) is -0.0284. The number of aryl methyl sites for hydroxylation is 1. The third-order valence-electron chi connectivity index (χ3n) is 5.08. The fourth-order valence-electron chi connectivity index (χ4n) is 3.39. The van der Waals surface area contributed by atoms with Gasteiger partial charge in [-0.05, 0) is 64.3 Å². The minimum absolute atomic E-state index is 0.181. The second-order valence-corrected chi connectivity index (χ2v) is 10.2. The first-order valence-corrected chi connectivity index (χ1v) is 12.2. The first-order chi connectivity index (χ1) is 15.2. The molecule has 0 unspecified atom stereocenters. The molecule has 3 aromatic rings. The molecule has 32 heavy (non-hydrogen) atoms. The van der Waals surface area contributed by atoms with Gasteiger partial charge in [0.2, 0.25) is 0 Å². The number of hydrogen-bond acceptors (Lipinski definition) is 4. The number of nitrogens with zero attached hydrogens (tertiary/aromatic N) is 2. The second kappa shape index (κ2) is 10.3. The van der Waals surface area contributed by atoms with E-state index in [1.54, 1.807) is 60.7 Å². The first-order valence-electron chi connectivity index (χ1n) is 10.3. The van der Waals surface area contributed by atoms with E-state index in [-0.39, 0.29) is 22.8 Å². The van der Waals surface area contributed by atoms with Gasteiger partial charge in [0.1, 0.15) is 0 Å². The molecule has 5 nitrogen and oxygen atoms in total. The molecule has 3 rings (SSSR count). The summed E-state index contributed by atoms with van der Waals surface area (Å²) < 4.78 is 28.7. The van der Waals surface area contributed by atoms with E-state index in [2.05, 4.69) is 0 Å². The number of anilines is 1. The van der Waals surface area contributed by atoms with Crippen molar-refractivity contribution in [1.29, 1.82) is 0 Å². The lowest BCUT2D eigenvalue weighted by atomic mass is 10.0. The molecule has 0 fully saturated rings. The Bertz CT molecular complexity index is 1180. The van der Waals surface area contributed by atoms with Gasteiger partial charge in [-0.25, -0.2) is 8.42 Å². The largest absolute Gasteiger partial charge is 0.309 e. The van der Waals surface area contributed by atoms with Crippen molar-refractivity contribution in [2.24, 2.45) is 0 Å². The molecule has 0 aliphatic carbocycles. The van der Waals surface area contributed by atoms with Crippen molar-refractivity contribution < 1.29 is 13.2 Å². The van der Waals surface area contributed by atoms with Gasteiger partial charge in [-0.2, -0.15) is 0 Å². The van der Waals surface area contributed by atoms with E-state index in [1.807, 2.05) is 32.0 Å². The zero-order chi connectivity index (χ0) is 23.3. The number of ketones is 1. The monoisotopic (exact) mass is 470 g/mol. The van der Waals surface area contributed by atoms with Crippen LogP contribution in [0, 0.1) is 6.92 Å². The van der Waals surface area contributed by atoms with Gasteiger partial charge in [-0.1, -0.05) is 59.6 Å². The van der Waals surface area contributed by atoms with E-state index >= 15 is 0 Å². The highest BCUT2D eigenvalue weighted by Gasteiger charge is 2.28. The molecule has 0 saturated carbocycles. The quantitative estimate of drug-likeness (QED) is 0.412. The van der Waals surface area contributed by atoms with Crippen molar-refractivity contribution in [2.75, 3.05) is 31.5 Å². The van der Waals surface area contributed by atoms with E-state index in [0.29, 0.717) is 29.2 Å². The molecular weight excluding hydrogens is 444 g/mol. The highest BCUT2D eigenvalue weighted by molar-refractivity contribution is 7.92. The number of carbonyl (C=O) groups excluding carboxylic acids is 1. The van der Waals surface area contributed by atoms with Gasteiger partial charge in [0.05, 0.1) is 10.6 Å². The van der Waals surface area contributed by atoms with Crippen LogP contribution in [0.2, 0.25) is 5.02 Å². The molecule has 7 heteroatoms. The first kappa shape index (κ1) is 24.0. The fourth-order valence-corrected chi connectivity index (χ4v) is 5.08. The summed E-state index contributed by atoms with van der Waals surface area (Å²) in [5.41, 5.74) is 2.01. The Morgan fingerprint density at radius 3 is 2.19 bits per heavy atom.